The lowest BCUT2D eigenvalue weighted by atomic mass is 10.0. The van der Waals surface area contributed by atoms with Crippen LogP contribution in [-0.2, 0) is 17.8 Å². The van der Waals surface area contributed by atoms with E-state index in [9.17, 15) is 14.4 Å². The van der Waals surface area contributed by atoms with E-state index in [0.29, 0.717) is 22.8 Å². The predicted molar refractivity (Wildman–Crippen MR) is 132 cm³/mol. The molecule has 0 bridgehead atoms. The Hall–Kier alpha value is -4.26. The van der Waals surface area contributed by atoms with Gasteiger partial charge in [-0.1, -0.05) is 31.2 Å². The molecule has 1 amide bonds. The fourth-order valence-electron chi connectivity index (χ4n) is 3.84. The molecule has 0 atom stereocenters. The number of carbonyl (C=O) groups is 2. The number of amides is 1. The topological polar surface area (TPSA) is 90.3 Å². The maximum Gasteiger partial charge on any atom is 0.244 e. The molecular weight excluding hydrogens is 430 g/mol. The number of benzene rings is 2. The molecule has 7 heteroatoms. The quantitative estimate of drug-likeness (QED) is 0.423. The van der Waals surface area contributed by atoms with Gasteiger partial charge in [0, 0.05) is 17.6 Å². The van der Waals surface area contributed by atoms with Gasteiger partial charge in [-0.05, 0) is 55.3 Å². The van der Waals surface area contributed by atoms with Gasteiger partial charge in [0.15, 0.2) is 0 Å². The number of methoxy groups -OCH3 is 1. The molecule has 34 heavy (non-hydrogen) atoms. The zero-order valence-corrected chi connectivity index (χ0v) is 19.3. The third kappa shape index (κ3) is 4.59. The van der Waals surface area contributed by atoms with Gasteiger partial charge in [-0.25, -0.2) is 4.98 Å². The highest BCUT2D eigenvalue weighted by Gasteiger charge is 2.21. The molecule has 2 heterocycles. The number of ketones is 1. The fourth-order valence-corrected chi connectivity index (χ4v) is 3.84. The van der Waals surface area contributed by atoms with Gasteiger partial charge in [0.25, 0.3) is 0 Å². The summed E-state index contributed by atoms with van der Waals surface area (Å²) >= 11 is 0. The number of nitrogens with one attached hydrogen (secondary N) is 1. The number of anilines is 1. The molecule has 1 N–H and O–H groups in total. The van der Waals surface area contributed by atoms with Crippen LogP contribution in [0.25, 0.3) is 11.0 Å². The summed E-state index contributed by atoms with van der Waals surface area (Å²) in [5.41, 5.74) is 2.61. The number of pyridine rings is 2. The van der Waals surface area contributed by atoms with E-state index in [1.807, 2.05) is 31.2 Å². The summed E-state index contributed by atoms with van der Waals surface area (Å²) in [6, 6.07) is 17.7. The maximum absolute atomic E-state index is 13.3. The highest BCUT2D eigenvalue weighted by Crippen LogP contribution is 2.21. The van der Waals surface area contributed by atoms with Gasteiger partial charge in [-0.15, -0.1) is 0 Å². The number of ether oxygens (including phenoxy) is 1. The van der Waals surface area contributed by atoms with E-state index in [4.69, 9.17) is 4.74 Å². The summed E-state index contributed by atoms with van der Waals surface area (Å²) in [6.45, 7) is 3.73. The summed E-state index contributed by atoms with van der Waals surface area (Å²) < 4.78 is 6.85. The van der Waals surface area contributed by atoms with Crippen LogP contribution in [0.4, 0.5) is 5.69 Å². The van der Waals surface area contributed by atoms with Crippen LogP contribution in [0.1, 0.15) is 34.1 Å². The third-order valence-corrected chi connectivity index (χ3v) is 5.59. The zero-order valence-electron chi connectivity index (χ0n) is 19.3. The predicted octanol–water partition coefficient (Wildman–Crippen LogP) is 4.15. The van der Waals surface area contributed by atoms with Crippen LogP contribution < -0.4 is 15.5 Å². The van der Waals surface area contributed by atoms with Crippen molar-refractivity contribution in [3.63, 3.8) is 0 Å². The Morgan fingerprint density at radius 2 is 1.82 bits per heavy atom. The molecular formula is C27H25N3O4. The molecule has 0 aliphatic heterocycles. The molecule has 0 saturated carbocycles. The number of fused-ring (bicyclic) bond motifs is 1. The molecule has 0 aliphatic rings. The first-order valence-electron chi connectivity index (χ1n) is 11.0. The molecule has 2 aromatic heterocycles. The van der Waals surface area contributed by atoms with Crippen molar-refractivity contribution in [1.29, 1.82) is 0 Å². The van der Waals surface area contributed by atoms with E-state index in [2.05, 4.69) is 10.3 Å². The molecule has 0 fully saturated rings. The fraction of sp³-hybridized carbons (Fsp3) is 0.185. The second-order valence-electron chi connectivity index (χ2n) is 7.96. The Labute approximate surface area is 197 Å². The Kier molecular flexibility index (Phi) is 6.54. The van der Waals surface area contributed by atoms with E-state index in [0.717, 1.165) is 12.0 Å². The van der Waals surface area contributed by atoms with Gasteiger partial charge in [0.05, 0.1) is 23.6 Å². The minimum atomic E-state index is -0.477. The van der Waals surface area contributed by atoms with Crippen LogP contribution in [0.15, 0.2) is 71.7 Å². The van der Waals surface area contributed by atoms with E-state index >= 15 is 0 Å². The van der Waals surface area contributed by atoms with Gasteiger partial charge in [0.2, 0.25) is 17.1 Å². The minimum Gasteiger partial charge on any atom is -0.496 e. The average molecular weight is 456 g/mol. The Balaban J connectivity index is 1.77. The van der Waals surface area contributed by atoms with Gasteiger partial charge in [0.1, 0.15) is 17.9 Å². The smallest absolute Gasteiger partial charge is 0.244 e. The summed E-state index contributed by atoms with van der Waals surface area (Å²) in [5.74, 6) is -0.402. The Morgan fingerprint density at radius 3 is 2.59 bits per heavy atom. The molecule has 4 aromatic rings. The van der Waals surface area contributed by atoms with E-state index in [-0.39, 0.29) is 29.0 Å². The number of hydrogen-bond donors (Lipinski definition) is 1. The van der Waals surface area contributed by atoms with Crippen molar-refractivity contribution in [2.75, 3.05) is 12.4 Å². The van der Waals surface area contributed by atoms with Crippen molar-refractivity contribution < 1.29 is 14.3 Å². The summed E-state index contributed by atoms with van der Waals surface area (Å²) in [6.07, 6.45) is 2.26. The van der Waals surface area contributed by atoms with E-state index in [1.165, 1.54) is 13.3 Å². The second kappa shape index (κ2) is 9.70. The molecule has 2 aromatic carbocycles. The van der Waals surface area contributed by atoms with Gasteiger partial charge < -0.3 is 14.6 Å². The van der Waals surface area contributed by atoms with Crippen LogP contribution in [0.5, 0.6) is 5.75 Å². The van der Waals surface area contributed by atoms with Crippen molar-refractivity contribution in [3.8, 4) is 5.75 Å². The number of aryl methyl sites for hydroxylation is 2. The van der Waals surface area contributed by atoms with Gasteiger partial charge in [-0.2, -0.15) is 0 Å². The SMILES string of the molecule is CCc1cccc(NC(=O)Cn2cc(C(=O)c3ccccc3OC)c(=O)c3ccc(C)nc32)c1. The molecule has 7 nitrogen and oxygen atoms in total. The molecule has 0 radical (unpaired) electrons. The average Bonchev–Trinajstić information content (AvgIpc) is 2.85. The highest BCUT2D eigenvalue weighted by molar-refractivity contribution is 6.11. The zero-order chi connectivity index (χ0) is 24.2. The van der Waals surface area contributed by atoms with Crippen molar-refractivity contribution in [2.24, 2.45) is 0 Å². The standard InChI is InChI=1S/C27H25N3O4/c1-4-18-8-7-9-19(14-18)29-24(31)16-30-15-22(25(32)20-10-5-6-11-23(20)34-3)26(33)21-13-12-17(2)28-27(21)30/h5-15H,4,16H2,1-3H3,(H,29,31). The minimum absolute atomic E-state index is 0.0524. The van der Waals surface area contributed by atoms with Crippen molar-refractivity contribution in [3.05, 3.63) is 99.5 Å². The monoisotopic (exact) mass is 455 g/mol. The highest BCUT2D eigenvalue weighted by atomic mass is 16.5. The van der Waals surface area contributed by atoms with Crippen molar-refractivity contribution >= 4 is 28.4 Å². The van der Waals surface area contributed by atoms with Crippen LogP contribution in [-0.4, -0.2) is 28.4 Å². The number of carbonyl (C=O) groups excluding carboxylic acids is 2. The van der Waals surface area contributed by atoms with Crippen LogP contribution in [0, 0.1) is 6.92 Å². The molecule has 4 rings (SSSR count). The maximum atomic E-state index is 13.3. The van der Waals surface area contributed by atoms with E-state index in [1.54, 1.807) is 47.9 Å². The number of nitrogens with zero attached hydrogens (tertiary/aromatic N) is 2. The number of aromatic nitrogens is 2. The molecule has 0 unspecified atom stereocenters. The molecule has 172 valence electrons. The number of hydrogen-bond acceptors (Lipinski definition) is 5. The van der Waals surface area contributed by atoms with Gasteiger partial charge in [-0.3, -0.25) is 14.4 Å². The third-order valence-electron chi connectivity index (χ3n) is 5.59. The normalized spacial score (nSPS) is 10.8. The first kappa shape index (κ1) is 22.9. The van der Waals surface area contributed by atoms with Crippen molar-refractivity contribution in [2.45, 2.75) is 26.8 Å². The van der Waals surface area contributed by atoms with E-state index < -0.39 is 11.2 Å². The second-order valence-corrected chi connectivity index (χ2v) is 7.96. The lowest BCUT2D eigenvalue weighted by Crippen LogP contribution is -2.25. The van der Waals surface area contributed by atoms with Crippen LogP contribution in [0.2, 0.25) is 0 Å². The Bertz CT molecular complexity index is 1460. The molecule has 0 saturated heterocycles. The lowest BCUT2D eigenvalue weighted by molar-refractivity contribution is -0.116. The number of rotatable bonds is 7. The molecule has 0 spiro atoms. The first-order chi connectivity index (χ1) is 16.4. The van der Waals surface area contributed by atoms with Gasteiger partial charge >= 0.3 is 0 Å². The summed E-state index contributed by atoms with van der Waals surface area (Å²) in [5, 5.41) is 3.16. The summed E-state index contributed by atoms with van der Waals surface area (Å²) in [4.78, 5) is 44.0. The largest absolute Gasteiger partial charge is 0.496 e. The van der Waals surface area contributed by atoms with Crippen LogP contribution >= 0.6 is 0 Å². The van der Waals surface area contributed by atoms with Crippen molar-refractivity contribution in [1.82, 2.24) is 9.55 Å². The van der Waals surface area contributed by atoms with Crippen LogP contribution in [0.3, 0.4) is 0 Å². The Morgan fingerprint density at radius 1 is 1.03 bits per heavy atom. The first-order valence-corrected chi connectivity index (χ1v) is 11.0. The number of para-hydroxylation sites is 1. The molecule has 0 aliphatic carbocycles. The lowest BCUT2D eigenvalue weighted by Gasteiger charge is -2.14. The summed E-state index contributed by atoms with van der Waals surface area (Å²) in [7, 11) is 1.47.